The van der Waals surface area contributed by atoms with Crippen LogP contribution >= 0.6 is 32.0 Å². The first-order valence-electron chi connectivity index (χ1n) is 5.97. The summed E-state index contributed by atoms with van der Waals surface area (Å²) in [6.07, 6.45) is 0. The first kappa shape index (κ1) is 14.5. The molecule has 94 valence electrons. The van der Waals surface area contributed by atoms with Gasteiger partial charge in [0.05, 0.1) is 26.8 Å². The highest BCUT2D eigenvalue weighted by atomic mass is 32.9. The van der Waals surface area contributed by atoms with Crippen molar-refractivity contribution in [1.82, 2.24) is 0 Å². The lowest BCUT2D eigenvalue weighted by molar-refractivity contribution is 1.89. The largest absolute Gasteiger partial charge is 0.217 e. The maximum atomic E-state index is 2.85. The summed E-state index contributed by atoms with van der Waals surface area (Å²) >= 11 is 0. The fraction of sp³-hybridized carbons (Fsp3) is 1.00. The van der Waals surface area contributed by atoms with E-state index >= 15 is 0 Å². The van der Waals surface area contributed by atoms with E-state index in [1.54, 1.807) is 0 Å². The quantitative estimate of drug-likeness (QED) is 0.577. The molecular formula is C8H24S3Si5. The summed E-state index contributed by atoms with van der Waals surface area (Å²) in [5.41, 5.74) is -1.03. The van der Waals surface area contributed by atoms with Crippen LogP contribution in [0.3, 0.4) is 0 Å². The van der Waals surface area contributed by atoms with E-state index in [9.17, 15) is 0 Å². The van der Waals surface area contributed by atoms with Crippen LogP contribution in [0.5, 0.6) is 0 Å². The number of hydrogen-bond acceptors (Lipinski definition) is 3. The van der Waals surface area contributed by atoms with Crippen LogP contribution in [0.4, 0.5) is 0 Å². The van der Waals surface area contributed by atoms with E-state index in [1.165, 1.54) is 0 Å². The fourth-order valence-corrected chi connectivity index (χ4v) is 270. The molecule has 0 aromatic heterocycles. The van der Waals surface area contributed by atoms with Gasteiger partial charge in [-0.15, -0.1) is 0 Å². The van der Waals surface area contributed by atoms with Crippen LogP contribution in [0.25, 0.3) is 0 Å². The first-order valence-corrected chi connectivity index (χ1v) is 29.8. The van der Waals surface area contributed by atoms with Crippen molar-refractivity contribution >= 4 is 64.4 Å². The minimum atomic E-state index is -1.03. The Morgan fingerprint density at radius 1 is 0.500 bits per heavy atom. The zero-order valence-corrected chi connectivity index (χ0v) is 19.2. The molecule has 3 heterocycles. The molecule has 3 rings (SSSR count). The van der Waals surface area contributed by atoms with Gasteiger partial charge in [0.15, 0.2) is 0 Å². The van der Waals surface area contributed by atoms with Crippen LogP contribution in [0.15, 0.2) is 0 Å². The molecule has 0 N–H and O–H groups in total. The van der Waals surface area contributed by atoms with Crippen molar-refractivity contribution in [3.05, 3.63) is 0 Å². The van der Waals surface area contributed by atoms with E-state index < -0.39 is 32.4 Å². The normalized spacial score (nSPS) is 48.0. The highest BCUT2D eigenvalue weighted by Crippen LogP contribution is 2.69. The lowest BCUT2D eigenvalue weighted by Gasteiger charge is -2.69. The van der Waals surface area contributed by atoms with Gasteiger partial charge in [0, 0.05) is 0 Å². The Hall–Kier alpha value is 2.13. The standard InChI is InChI=1S/C8H24S3Si5/c1-12(2)9-15(7)10-13(3,4)16(12,8)14(5,6)11-15/h1-8H3. The average Bonchev–Trinajstić information content (AvgIpc) is 1.92. The van der Waals surface area contributed by atoms with Gasteiger partial charge in [0.1, 0.15) is 0 Å². The van der Waals surface area contributed by atoms with Gasteiger partial charge in [0.2, 0.25) is 5.52 Å². The Morgan fingerprint density at radius 2 is 0.750 bits per heavy atom. The molecule has 0 aliphatic carbocycles. The van der Waals surface area contributed by atoms with Crippen molar-refractivity contribution in [3.63, 3.8) is 0 Å². The number of rotatable bonds is 0. The smallest absolute Gasteiger partial charge is 0.189 e. The Kier molecular flexibility index (Phi) is 3.28. The van der Waals surface area contributed by atoms with E-state index in [1.807, 2.05) is 0 Å². The van der Waals surface area contributed by atoms with Gasteiger partial charge in [-0.1, -0.05) is 45.8 Å². The van der Waals surface area contributed by atoms with E-state index in [-0.39, 0.29) is 0 Å². The van der Waals surface area contributed by atoms with E-state index in [0.29, 0.717) is 0 Å². The second-order valence-electron chi connectivity index (χ2n) is 6.82. The van der Waals surface area contributed by atoms with Crippen molar-refractivity contribution in [2.45, 2.75) is 52.4 Å². The minimum Gasteiger partial charge on any atom is -0.189 e. The van der Waals surface area contributed by atoms with Gasteiger partial charge in [-0.25, -0.2) is 0 Å². The van der Waals surface area contributed by atoms with Crippen molar-refractivity contribution in [1.29, 1.82) is 0 Å². The van der Waals surface area contributed by atoms with Crippen LogP contribution in [0, 0.1) is 0 Å². The van der Waals surface area contributed by atoms with Gasteiger partial charge < -0.3 is 0 Å². The molecule has 3 fully saturated rings. The van der Waals surface area contributed by atoms with E-state index in [2.05, 4.69) is 84.4 Å². The molecule has 0 spiro atoms. The molecule has 8 heteroatoms. The third kappa shape index (κ3) is 1.66. The molecule has 3 aliphatic rings. The molecular weight excluding hydrogens is 333 g/mol. The highest BCUT2D eigenvalue weighted by molar-refractivity contribution is 9.05. The predicted molar refractivity (Wildman–Crippen MR) is 98.5 cm³/mol. The summed E-state index contributed by atoms with van der Waals surface area (Å²) < 4.78 is 0. The van der Waals surface area contributed by atoms with E-state index in [0.717, 1.165) is 0 Å². The predicted octanol–water partition coefficient (Wildman–Crippen LogP) is 4.71. The molecule has 0 saturated carbocycles. The molecule has 3 saturated heterocycles. The fourth-order valence-electron chi connectivity index (χ4n) is 3.93. The van der Waals surface area contributed by atoms with Crippen molar-refractivity contribution in [3.8, 4) is 0 Å². The zero-order chi connectivity index (χ0) is 12.6. The summed E-state index contributed by atoms with van der Waals surface area (Å²) in [6.45, 7) is 18.3. The minimum absolute atomic E-state index is 0.934. The molecule has 0 amide bonds. The summed E-state index contributed by atoms with van der Waals surface area (Å²) in [6, 6.07) is 0. The first-order chi connectivity index (χ1) is 6.87. The third-order valence-corrected chi connectivity index (χ3v) is 145. The van der Waals surface area contributed by atoms with Crippen LogP contribution in [0.2, 0.25) is 52.4 Å². The maximum absolute atomic E-state index is 2.85. The van der Waals surface area contributed by atoms with Crippen LogP contribution in [-0.2, 0) is 0 Å². The molecule has 0 unspecified atom stereocenters. The van der Waals surface area contributed by atoms with Crippen LogP contribution < -0.4 is 0 Å². The van der Waals surface area contributed by atoms with Crippen molar-refractivity contribution in [2.75, 3.05) is 0 Å². The lowest BCUT2D eigenvalue weighted by Crippen LogP contribution is -2.87. The second-order valence-corrected chi connectivity index (χ2v) is 74.7. The van der Waals surface area contributed by atoms with Gasteiger partial charge in [-0.05, 0) is 6.55 Å². The molecule has 16 heavy (non-hydrogen) atoms. The monoisotopic (exact) mass is 356 g/mol. The van der Waals surface area contributed by atoms with Crippen LogP contribution in [-0.4, -0.2) is 32.4 Å². The topological polar surface area (TPSA) is 0 Å². The zero-order valence-electron chi connectivity index (χ0n) is 11.7. The van der Waals surface area contributed by atoms with E-state index in [4.69, 9.17) is 0 Å². The molecule has 3 aliphatic heterocycles. The number of hydrogen-bond donors (Lipinski definition) is 0. The Balaban J connectivity index is 2.64. The van der Waals surface area contributed by atoms with Crippen LogP contribution in [0.1, 0.15) is 0 Å². The molecule has 0 aromatic carbocycles. The molecule has 0 aromatic rings. The van der Waals surface area contributed by atoms with Gasteiger partial charge in [0.25, 0.3) is 0 Å². The highest BCUT2D eigenvalue weighted by Gasteiger charge is 2.75. The van der Waals surface area contributed by atoms with Crippen molar-refractivity contribution < 1.29 is 0 Å². The molecule has 0 nitrogen and oxygen atoms in total. The van der Waals surface area contributed by atoms with Gasteiger partial charge >= 0.3 is 0 Å². The van der Waals surface area contributed by atoms with Gasteiger partial charge in [-0.3, -0.25) is 0 Å². The molecule has 2 bridgehead atoms. The molecule has 0 atom stereocenters. The molecule has 0 radical (unpaired) electrons. The third-order valence-electron chi connectivity index (χ3n) is 4.93. The number of fused-ring (bicyclic) bond motifs is 3. The lowest BCUT2D eigenvalue weighted by atomic mass is 11.9. The summed E-state index contributed by atoms with van der Waals surface area (Å²) in [5.74, 6) is 0. The summed E-state index contributed by atoms with van der Waals surface area (Å²) in [7, 11) is 7.74. The second kappa shape index (κ2) is 3.61. The summed E-state index contributed by atoms with van der Waals surface area (Å²) in [5, 5.41) is 0. The average molecular weight is 357 g/mol. The van der Waals surface area contributed by atoms with Crippen molar-refractivity contribution in [2.24, 2.45) is 0 Å². The Morgan fingerprint density at radius 3 is 1.00 bits per heavy atom. The summed E-state index contributed by atoms with van der Waals surface area (Å²) in [4.78, 5) is 0. The Bertz CT molecular complexity index is 292. The SMILES string of the molecule is C[Si]12S[Si](C)(C)[Si](C)([Si](C)(C)S1)[Si](C)(C)S2. The Labute approximate surface area is 116 Å². The maximum Gasteiger partial charge on any atom is 0.217 e. The van der Waals surface area contributed by atoms with Gasteiger partial charge in [-0.2, -0.15) is 32.0 Å².